The first kappa shape index (κ1) is 12.7. The fourth-order valence-corrected chi connectivity index (χ4v) is 2.75. The minimum Gasteiger partial charge on any atom is -0.384 e. The normalized spacial score (nSPS) is 17.1. The van der Waals surface area contributed by atoms with Crippen LogP contribution in [0.5, 0.6) is 0 Å². The van der Waals surface area contributed by atoms with E-state index in [0.29, 0.717) is 5.02 Å². The van der Waals surface area contributed by atoms with Gasteiger partial charge in [-0.05, 0) is 30.5 Å². The molecule has 0 bridgehead atoms. The molecule has 2 rings (SSSR count). The quantitative estimate of drug-likeness (QED) is 0.810. The molecule has 1 aliphatic carbocycles. The highest BCUT2D eigenvalue weighted by atomic mass is 35.5. The Morgan fingerprint density at radius 1 is 1.24 bits per heavy atom. The van der Waals surface area contributed by atoms with E-state index in [1.807, 2.05) is 0 Å². The lowest BCUT2D eigenvalue weighted by Crippen LogP contribution is -2.12. The second kappa shape index (κ2) is 6.25. The molecule has 0 saturated heterocycles. The Balaban J connectivity index is 1.77. The molecule has 0 spiro atoms. The molecule has 0 aromatic heterocycles. The van der Waals surface area contributed by atoms with Crippen LogP contribution in [0.2, 0.25) is 5.02 Å². The fraction of sp³-hybridized carbons (Fsp3) is 0.571. The molecule has 0 radical (unpaired) electrons. The van der Waals surface area contributed by atoms with Gasteiger partial charge in [-0.15, -0.1) is 0 Å². The third kappa shape index (κ3) is 3.88. The highest BCUT2D eigenvalue weighted by molar-refractivity contribution is 6.33. The van der Waals surface area contributed by atoms with Crippen molar-refractivity contribution in [1.29, 1.82) is 0 Å². The Morgan fingerprint density at radius 3 is 2.71 bits per heavy atom. The summed E-state index contributed by atoms with van der Waals surface area (Å²) in [6.45, 7) is 0.927. The summed E-state index contributed by atoms with van der Waals surface area (Å²) in [5, 5.41) is 3.76. The largest absolute Gasteiger partial charge is 0.384 e. The van der Waals surface area contributed by atoms with Gasteiger partial charge in [-0.2, -0.15) is 0 Å². The van der Waals surface area contributed by atoms with E-state index < -0.39 is 0 Å². The first-order valence-electron chi connectivity index (χ1n) is 6.44. The predicted molar refractivity (Wildman–Crippen MR) is 71.1 cm³/mol. The second-order valence-corrected chi connectivity index (χ2v) is 5.25. The van der Waals surface area contributed by atoms with Crippen LogP contribution in [0.4, 0.5) is 10.1 Å². The van der Waals surface area contributed by atoms with Gasteiger partial charge < -0.3 is 5.32 Å². The van der Waals surface area contributed by atoms with Crippen molar-refractivity contribution in [2.75, 3.05) is 11.9 Å². The lowest BCUT2D eigenvalue weighted by atomic mass is 9.87. The van der Waals surface area contributed by atoms with E-state index in [9.17, 15) is 4.39 Å². The van der Waals surface area contributed by atoms with Crippen LogP contribution in [-0.2, 0) is 0 Å². The van der Waals surface area contributed by atoms with Crippen LogP contribution in [0.1, 0.15) is 38.5 Å². The maximum absolute atomic E-state index is 12.8. The van der Waals surface area contributed by atoms with Crippen molar-refractivity contribution in [3.05, 3.63) is 29.0 Å². The Labute approximate surface area is 107 Å². The molecule has 0 unspecified atom stereocenters. The number of hydrogen-bond donors (Lipinski definition) is 1. The van der Waals surface area contributed by atoms with E-state index in [2.05, 4.69) is 5.32 Å². The number of nitrogens with one attached hydrogen (secondary N) is 1. The molecule has 0 atom stereocenters. The van der Waals surface area contributed by atoms with Gasteiger partial charge in [-0.25, -0.2) is 4.39 Å². The van der Waals surface area contributed by atoms with Crippen LogP contribution in [-0.4, -0.2) is 6.54 Å². The molecular weight excluding hydrogens is 237 g/mol. The van der Waals surface area contributed by atoms with Gasteiger partial charge in [0.05, 0.1) is 10.7 Å². The summed E-state index contributed by atoms with van der Waals surface area (Å²) in [6, 6.07) is 4.50. The first-order valence-corrected chi connectivity index (χ1v) is 6.82. The molecule has 1 N–H and O–H groups in total. The van der Waals surface area contributed by atoms with Gasteiger partial charge in [0.2, 0.25) is 0 Å². The SMILES string of the molecule is Fc1ccc(NCCC2CCCCC2)c(Cl)c1. The van der Waals surface area contributed by atoms with Gasteiger partial charge in [0, 0.05) is 6.54 Å². The van der Waals surface area contributed by atoms with Gasteiger partial charge in [0.1, 0.15) is 5.82 Å². The Kier molecular flexibility index (Phi) is 4.66. The van der Waals surface area contributed by atoms with E-state index >= 15 is 0 Å². The lowest BCUT2D eigenvalue weighted by Gasteiger charge is -2.21. The summed E-state index contributed by atoms with van der Waals surface area (Å²) in [4.78, 5) is 0. The monoisotopic (exact) mass is 255 g/mol. The Morgan fingerprint density at radius 2 is 2.00 bits per heavy atom. The molecule has 1 aliphatic rings. The average Bonchev–Trinajstić information content (AvgIpc) is 2.33. The van der Waals surface area contributed by atoms with Crippen molar-refractivity contribution in [2.45, 2.75) is 38.5 Å². The van der Waals surface area contributed by atoms with E-state index in [1.165, 1.54) is 50.7 Å². The van der Waals surface area contributed by atoms with Crippen LogP contribution in [0, 0.1) is 11.7 Å². The molecule has 0 amide bonds. The zero-order chi connectivity index (χ0) is 12.1. The molecule has 94 valence electrons. The summed E-state index contributed by atoms with van der Waals surface area (Å²) >= 11 is 5.95. The van der Waals surface area contributed by atoms with Gasteiger partial charge in [0.25, 0.3) is 0 Å². The molecule has 1 nitrogen and oxygen atoms in total. The van der Waals surface area contributed by atoms with Crippen molar-refractivity contribution in [3.63, 3.8) is 0 Å². The third-order valence-corrected chi connectivity index (χ3v) is 3.84. The number of rotatable bonds is 4. The molecule has 1 fully saturated rings. The zero-order valence-electron chi connectivity index (χ0n) is 10.0. The molecule has 17 heavy (non-hydrogen) atoms. The minimum absolute atomic E-state index is 0.284. The maximum atomic E-state index is 12.8. The summed E-state index contributed by atoms with van der Waals surface area (Å²) in [5.41, 5.74) is 0.837. The van der Waals surface area contributed by atoms with Crippen molar-refractivity contribution < 1.29 is 4.39 Å². The molecule has 3 heteroatoms. The highest BCUT2D eigenvalue weighted by Crippen LogP contribution is 2.27. The number of benzene rings is 1. The van der Waals surface area contributed by atoms with Gasteiger partial charge in [-0.3, -0.25) is 0 Å². The van der Waals surface area contributed by atoms with Crippen molar-refractivity contribution in [2.24, 2.45) is 5.92 Å². The smallest absolute Gasteiger partial charge is 0.124 e. The van der Waals surface area contributed by atoms with Gasteiger partial charge >= 0.3 is 0 Å². The summed E-state index contributed by atoms with van der Waals surface area (Å²) in [7, 11) is 0. The summed E-state index contributed by atoms with van der Waals surface area (Å²) < 4.78 is 12.8. The van der Waals surface area contributed by atoms with Crippen molar-refractivity contribution in [1.82, 2.24) is 0 Å². The predicted octanol–water partition coefficient (Wildman–Crippen LogP) is 4.86. The van der Waals surface area contributed by atoms with E-state index in [0.717, 1.165) is 18.2 Å². The third-order valence-electron chi connectivity index (χ3n) is 3.52. The van der Waals surface area contributed by atoms with Crippen LogP contribution >= 0.6 is 11.6 Å². The molecule has 0 aliphatic heterocycles. The van der Waals surface area contributed by atoms with E-state index in [4.69, 9.17) is 11.6 Å². The minimum atomic E-state index is -0.284. The summed E-state index contributed by atoms with van der Waals surface area (Å²) in [5.74, 6) is 0.573. The van der Waals surface area contributed by atoms with Crippen LogP contribution < -0.4 is 5.32 Å². The van der Waals surface area contributed by atoms with Crippen molar-refractivity contribution >= 4 is 17.3 Å². The molecular formula is C14H19ClFN. The Bertz CT molecular complexity index is 361. The van der Waals surface area contributed by atoms with Crippen LogP contribution in [0.3, 0.4) is 0 Å². The second-order valence-electron chi connectivity index (χ2n) is 4.84. The molecule has 1 aromatic rings. The topological polar surface area (TPSA) is 12.0 Å². The molecule has 0 heterocycles. The standard InChI is InChI=1S/C14H19ClFN/c15-13-10-12(16)6-7-14(13)17-9-8-11-4-2-1-3-5-11/h6-7,10-11,17H,1-5,8-9H2. The maximum Gasteiger partial charge on any atom is 0.124 e. The zero-order valence-corrected chi connectivity index (χ0v) is 10.8. The Hall–Kier alpha value is -0.760. The van der Waals surface area contributed by atoms with Gasteiger partial charge in [0.15, 0.2) is 0 Å². The summed E-state index contributed by atoms with van der Waals surface area (Å²) in [6.07, 6.45) is 8.06. The van der Waals surface area contributed by atoms with Gasteiger partial charge in [-0.1, -0.05) is 43.7 Å². The molecule has 1 aromatic carbocycles. The lowest BCUT2D eigenvalue weighted by molar-refractivity contribution is 0.345. The van der Waals surface area contributed by atoms with E-state index in [-0.39, 0.29) is 5.82 Å². The van der Waals surface area contributed by atoms with E-state index in [1.54, 1.807) is 6.07 Å². The molecule has 1 saturated carbocycles. The average molecular weight is 256 g/mol. The van der Waals surface area contributed by atoms with Crippen LogP contribution in [0.25, 0.3) is 0 Å². The van der Waals surface area contributed by atoms with Crippen LogP contribution in [0.15, 0.2) is 18.2 Å². The fourth-order valence-electron chi connectivity index (χ4n) is 2.52. The number of hydrogen-bond acceptors (Lipinski definition) is 1. The first-order chi connectivity index (χ1) is 8.25. The number of halogens is 2. The number of anilines is 1. The highest BCUT2D eigenvalue weighted by Gasteiger charge is 2.12. The van der Waals surface area contributed by atoms with Crippen molar-refractivity contribution in [3.8, 4) is 0 Å².